The fraction of sp³-hybridized carbons (Fsp3) is 0.167. The Morgan fingerprint density at radius 3 is 2.68 bits per heavy atom. The number of ether oxygens (including phenoxy) is 1. The first kappa shape index (κ1) is 17.4. The summed E-state index contributed by atoms with van der Waals surface area (Å²) in [7, 11) is -3.30. The maximum Gasteiger partial charge on any atom is 0.229 e. The average molecular weight is 374 g/mol. The quantitative estimate of drug-likeness (QED) is 0.685. The smallest absolute Gasteiger partial charge is 0.229 e. The number of hydrogen-bond acceptors (Lipinski definition) is 5. The number of sulfonamides is 1. The van der Waals surface area contributed by atoms with E-state index in [4.69, 9.17) is 4.74 Å². The number of nitrogens with one attached hydrogen (secondary N) is 1. The van der Waals surface area contributed by atoms with Gasteiger partial charge in [0.25, 0.3) is 0 Å². The Balaban J connectivity index is 1.60. The third kappa shape index (κ3) is 5.58. The first-order valence-electron chi connectivity index (χ1n) is 7.66. The SMILES string of the molecule is CS(=O)(=O)Nc1cccc(OCc2csc(Cc3ccccc3)n2)c1. The molecule has 0 radical (unpaired) electrons. The predicted molar refractivity (Wildman–Crippen MR) is 101 cm³/mol. The molecule has 130 valence electrons. The van der Waals surface area contributed by atoms with Crippen LogP contribution in [0.3, 0.4) is 0 Å². The normalized spacial score (nSPS) is 11.2. The zero-order valence-corrected chi connectivity index (χ0v) is 15.3. The lowest BCUT2D eigenvalue weighted by Gasteiger charge is -2.07. The van der Waals surface area contributed by atoms with Gasteiger partial charge < -0.3 is 4.74 Å². The van der Waals surface area contributed by atoms with E-state index in [1.54, 1.807) is 35.6 Å². The molecule has 1 aromatic heterocycles. The largest absolute Gasteiger partial charge is 0.487 e. The van der Waals surface area contributed by atoms with E-state index in [0.717, 1.165) is 23.4 Å². The van der Waals surface area contributed by atoms with Gasteiger partial charge in [-0.05, 0) is 17.7 Å². The zero-order chi connectivity index (χ0) is 17.7. The van der Waals surface area contributed by atoms with Crippen LogP contribution in [0.5, 0.6) is 5.75 Å². The van der Waals surface area contributed by atoms with Gasteiger partial charge in [0.1, 0.15) is 12.4 Å². The molecule has 7 heteroatoms. The van der Waals surface area contributed by atoms with E-state index in [-0.39, 0.29) is 0 Å². The molecule has 3 aromatic rings. The van der Waals surface area contributed by atoms with Crippen LogP contribution in [0.4, 0.5) is 5.69 Å². The summed E-state index contributed by atoms with van der Waals surface area (Å²) in [5, 5.41) is 3.02. The van der Waals surface area contributed by atoms with Crippen molar-refractivity contribution >= 4 is 27.0 Å². The molecule has 0 fully saturated rings. The maximum atomic E-state index is 11.3. The highest BCUT2D eigenvalue weighted by molar-refractivity contribution is 7.92. The average Bonchev–Trinajstić information content (AvgIpc) is 3.00. The van der Waals surface area contributed by atoms with Gasteiger partial charge in [0.05, 0.1) is 22.6 Å². The summed E-state index contributed by atoms with van der Waals surface area (Å²) < 4.78 is 30.7. The lowest BCUT2D eigenvalue weighted by molar-refractivity contribution is 0.302. The highest BCUT2D eigenvalue weighted by Gasteiger charge is 2.06. The molecule has 0 spiro atoms. The third-order valence-electron chi connectivity index (χ3n) is 3.32. The van der Waals surface area contributed by atoms with E-state index in [0.29, 0.717) is 18.0 Å². The minimum Gasteiger partial charge on any atom is -0.487 e. The molecule has 0 saturated carbocycles. The molecule has 0 amide bonds. The van der Waals surface area contributed by atoms with Crippen molar-refractivity contribution in [3.05, 3.63) is 76.2 Å². The number of rotatable bonds is 7. The Labute approximate surface area is 151 Å². The Kier molecular flexibility index (Phi) is 5.35. The molecule has 0 saturated heterocycles. The minimum absolute atomic E-state index is 0.341. The van der Waals surface area contributed by atoms with E-state index in [9.17, 15) is 8.42 Å². The second-order valence-corrected chi connectivity index (χ2v) is 8.28. The van der Waals surface area contributed by atoms with Gasteiger partial charge in [-0.2, -0.15) is 0 Å². The van der Waals surface area contributed by atoms with E-state index in [2.05, 4.69) is 21.8 Å². The molecule has 3 rings (SSSR count). The van der Waals surface area contributed by atoms with Gasteiger partial charge in [0.15, 0.2) is 0 Å². The molecule has 1 N–H and O–H groups in total. The number of anilines is 1. The summed E-state index contributed by atoms with van der Waals surface area (Å²) in [5.74, 6) is 0.589. The number of thiazole rings is 1. The lowest BCUT2D eigenvalue weighted by atomic mass is 10.2. The van der Waals surface area contributed by atoms with Crippen LogP contribution < -0.4 is 9.46 Å². The van der Waals surface area contributed by atoms with Crippen molar-refractivity contribution in [3.8, 4) is 5.75 Å². The van der Waals surface area contributed by atoms with E-state index < -0.39 is 10.0 Å². The van der Waals surface area contributed by atoms with Crippen LogP contribution >= 0.6 is 11.3 Å². The third-order valence-corrected chi connectivity index (χ3v) is 4.83. The lowest BCUT2D eigenvalue weighted by Crippen LogP contribution is -2.09. The first-order chi connectivity index (χ1) is 12.0. The van der Waals surface area contributed by atoms with Crippen LogP contribution in [-0.2, 0) is 23.1 Å². The number of nitrogens with zero attached hydrogens (tertiary/aromatic N) is 1. The van der Waals surface area contributed by atoms with Crippen molar-refractivity contribution in [1.82, 2.24) is 4.98 Å². The van der Waals surface area contributed by atoms with Crippen molar-refractivity contribution < 1.29 is 13.2 Å². The first-order valence-corrected chi connectivity index (χ1v) is 10.4. The molecule has 0 aliphatic carbocycles. The van der Waals surface area contributed by atoms with Gasteiger partial charge >= 0.3 is 0 Å². The molecular formula is C18H18N2O3S2. The van der Waals surface area contributed by atoms with Gasteiger partial charge in [0.2, 0.25) is 10.0 Å². The van der Waals surface area contributed by atoms with Gasteiger partial charge in [-0.3, -0.25) is 4.72 Å². The van der Waals surface area contributed by atoms with Gasteiger partial charge in [-0.1, -0.05) is 36.4 Å². The van der Waals surface area contributed by atoms with Crippen molar-refractivity contribution in [1.29, 1.82) is 0 Å². The molecule has 1 heterocycles. The Morgan fingerprint density at radius 1 is 1.12 bits per heavy atom. The Hall–Kier alpha value is -2.38. The summed E-state index contributed by atoms with van der Waals surface area (Å²) in [6.07, 6.45) is 1.92. The highest BCUT2D eigenvalue weighted by Crippen LogP contribution is 2.20. The summed E-state index contributed by atoms with van der Waals surface area (Å²) in [6.45, 7) is 0.341. The molecule has 0 bridgehead atoms. The molecule has 0 atom stereocenters. The maximum absolute atomic E-state index is 11.3. The molecule has 25 heavy (non-hydrogen) atoms. The van der Waals surface area contributed by atoms with Crippen LogP contribution in [0.2, 0.25) is 0 Å². The molecular weight excluding hydrogens is 356 g/mol. The van der Waals surface area contributed by atoms with Crippen LogP contribution in [-0.4, -0.2) is 19.7 Å². The summed E-state index contributed by atoms with van der Waals surface area (Å²) >= 11 is 1.61. The minimum atomic E-state index is -3.30. The van der Waals surface area contributed by atoms with Crippen LogP contribution in [0.15, 0.2) is 60.0 Å². The van der Waals surface area contributed by atoms with E-state index >= 15 is 0 Å². The molecule has 0 unspecified atom stereocenters. The van der Waals surface area contributed by atoms with Crippen molar-refractivity contribution in [2.24, 2.45) is 0 Å². The second-order valence-electron chi connectivity index (χ2n) is 5.59. The summed E-state index contributed by atoms with van der Waals surface area (Å²) in [6, 6.07) is 17.0. The number of hydrogen-bond donors (Lipinski definition) is 1. The number of aromatic nitrogens is 1. The standard InChI is InChI=1S/C18H18N2O3S2/c1-25(21,22)20-15-8-5-9-17(11-15)23-12-16-13-24-18(19-16)10-14-6-3-2-4-7-14/h2-9,11,13,20H,10,12H2,1H3. The van der Waals surface area contributed by atoms with E-state index in [1.807, 2.05) is 23.6 Å². The molecule has 0 aliphatic heterocycles. The Bertz CT molecular complexity index is 938. The van der Waals surface area contributed by atoms with Gasteiger partial charge in [-0.25, -0.2) is 13.4 Å². The van der Waals surface area contributed by atoms with Gasteiger partial charge in [0, 0.05) is 17.9 Å². The topological polar surface area (TPSA) is 68.3 Å². The highest BCUT2D eigenvalue weighted by atomic mass is 32.2. The molecule has 5 nitrogen and oxygen atoms in total. The second kappa shape index (κ2) is 7.67. The van der Waals surface area contributed by atoms with Crippen molar-refractivity contribution in [2.45, 2.75) is 13.0 Å². The van der Waals surface area contributed by atoms with Crippen LogP contribution in [0, 0.1) is 0 Å². The fourth-order valence-corrected chi connectivity index (χ4v) is 3.66. The van der Waals surface area contributed by atoms with Crippen LogP contribution in [0.25, 0.3) is 0 Å². The van der Waals surface area contributed by atoms with Crippen molar-refractivity contribution in [2.75, 3.05) is 11.0 Å². The fourth-order valence-electron chi connectivity index (χ4n) is 2.29. The van der Waals surface area contributed by atoms with E-state index in [1.165, 1.54) is 5.56 Å². The van der Waals surface area contributed by atoms with Crippen LogP contribution in [0.1, 0.15) is 16.3 Å². The Morgan fingerprint density at radius 2 is 1.92 bits per heavy atom. The molecule has 2 aromatic carbocycles. The van der Waals surface area contributed by atoms with Crippen molar-refractivity contribution in [3.63, 3.8) is 0 Å². The summed E-state index contributed by atoms with van der Waals surface area (Å²) in [4.78, 5) is 4.58. The van der Waals surface area contributed by atoms with Gasteiger partial charge in [-0.15, -0.1) is 11.3 Å². The zero-order valence-electron chi connectivity index (χ0n) is 13.7. The predicted octanol–water partition coefficient (Wildman–Crippen LogP) is 3.68. The monoisotopic (exact) mass is 374 g/mol. The number of benzene rings is 2. The molecule has 0 aliphatic rings. The summed E-state index contributed by atoms with van der Waals surface area (Å²) in [5.41, 5.74) is 2.56.